The minimum Gasteiger partial charge on any atom is -0.396 e. The first-order valence-electron chi connectivity index (χ1n) is 12.1. The highest BCUT2D eigenvalue weighted by atomic mass is 127. The molecule has 1 aromatic carbocycles. The van der Waals surface area contributed by atoms with Crippen LogP contribution in [0.15, 0.2) is 29.3 Å². The van der Waals surface area contributed by atoms with Gasteiger partial charge in [0.15, 0.2) is 5.96 Å². The van der Waals surface area contributed by atoms with Crippen molar-refractivity contribution in [1.29, 1.82) is 0 Å². The van der Waals surface area contributed by atoms with E-state index in [1.807, 2.05) is 0 Å². The number of nitrogens with one attached hydrogen (secondary N) is 2. The number of aliphatic hydroxyl groups is 1. The molecule has 1 amide bonds. The maximum absolute atomic E-state index is 11.5. The Bertz CT molecular complexity index is 729. The summed E-state index contributed by atoms with van der Waals surface area (Å²) < 4.78 is 0. The van der Waals surface area contributed by atoms with Crippen molar-refractivity contribution in [2.45, 2.75) is 59.5 Å². The lowest BCUT2D eigenvalue weighted by molar-refractivity contribution is -0.123. The summed E-state index contributed by atoms with van der Waals surface area (Å²) in [6.07, 6.45) is 3.81. The van der Waals surface area contributed by atoms with E-state index in [1.165, 1.54) is 5.56 Å². The molecule has 1 saturated heterocycles. The smallest absolute Gasteiger partial charge is 0.221 e. The highest BCUT2D eigenvalue weighted by Crippen LogP contribution is 2.19. The molecule has 8 heteroatoms. The Hall–Kier alpha value is -1.39. The predicted molar refractivity (Wildman–Crippen MR) is 147 cm³/mol. The van der Waals surface area contributed by atoms with Crippen molar-refractivity contribution in [3.63, 3.8) is 0 Å². The predicted octanol–water partition coefficient (Wildman–Crippen LogP) is 3.10. The summed E-state index contributed by atoms with van der Waals surface area (Å²) in [6.45, 7) is 11.5. The summed E-state index contributed by atoms with van der Waals surface area (Å²) in [5.41, 5.74) is 7.92. The van der Waals surface area contributed by atoms with Gasteiger partial charge in [0.25, 0.3) is 0 Å². The van der Waals surface area contributed by atoms with Gasteiger partial charge in [-0.3, -0.25) is 9.69 Å². The molecule has 2 atom stereocenters. The van der Waals surface area contributed by atoms with Gasteiger partial charge in [-0.05, 0) is 62.1 Å². The fraction of sp³-hybridized carbons (Fsp3) is 0.680. The molecule has 0 saturated carbocycles. The standard InChI is InChI=1S/C25H43N5O2.HI/c1-4-27-25(29-16-21(10-12-31)13-19(2)3)28-15-20-7-5-8-22(14-20)17-30-11-6-9-23(18-30)24(26)32;/h5,7-8,14,19,21,23,31H,4,6,9-13,15-18H2,1-3H3,(H2,26,32)(H2,27,28,29);1H. The van der Waals surface area contributed by atoms with Crippen LogP contribution in [-0.4, -0.2) is 54.7 Å². The van der Waals surface area contributed by atoms with Crippen molar-refractivity contribution in [3.05, 3.63) is 35.4 Å². The van der Waals surface area contributed by atoms with E-state index in [-0.39, 0.29) is 42.4 Å². The van der Waals surface area contributed by atoms with Crippen LogP contribution in [0, 0.1) is 17.8 Å². The number of amides is 1. The van der Waals surface area contributed by atoms with E-state index in [4.69, 9.17) is 10.7 Å². The van der Waals surface area contributed by atoms with Gasteiger partial charge in [-0.15, -0.1) is 24.0 Å². The summed E-state index contributed by atoms with van der Waals surface area (Å²) in [7, 11) is 0. The van der Waals surface area contributed by atoms with E-state index in [0.29, 0.717) is 18.4 Å². The molecule has 1 aromatic rings. The van der Waals surface area contributed by atoms with Crippen LogP contribution in [0.2, 0.25) is 0 Å². The number of aliphatic hydroxyl groups excluding tert-OH is 1. The van der Waals surface area contributed by atoms with Crippen LogP contribution >= 0.6 is 24.0 Å². The van der Waals surface area contributed by atoms with Crippen molar-refractivity contribution < 1.29 is 9.90 Å². The molecule has 188 valence electrons. The van der Waals surface area contributed by atoms with Gasteiger partial charge in [0.2, 0.25) is 5.91 Å². The maximum Gasteiger partial charge on any atom is 0.221 e. The second-order valence-electron chi connectivity index (χ2n) is 9.38. The summed E-state index contributed by atoms with van der Waals surface area (Å²) in [5, 5.41) is 16.1. The van der Waals surface area contributed by atoms with Gasteiger partial charge in [-0.2, -0.15) is 0 Å². The minimum absolute atomic E-state index is 0. The number of piperidine rings is 1. The summed E-state index contributed by atoms with van der Waals surface area (Å²) in [4.78, 5) is 18.6. The van der Waals surface area contributed by atoms with Gasteiger partial charge in [0, 0.05) is 32.8 Å². The summed E-state index contributed by atoms with van der Waals surface area (Å²) in [5.74, 6) is 1.63. The topological polar surface area (TPSA) is 103 Å². The number of aliphatic imine (C=N–C) groups is 1. The molecule has 1 aliphatic heterocycles. The average Bonchev–Trinajstić information content (AvgIpc) is 2.76. The monoisotopic (exact) mass is 573 g/mol. The third-order valence-electron chi connectivity index (χ3n) is 5.97. The Morgan fingerprint density at radius 1 is 1.30 bits per heavy atom. The van der Waals surface area contributed by atoms with Gasteiger partial charge in [0.05, 0.1) is 12.5 Å². The van der Waals surface area contributed by atoms with E-state index in [9.17, 15) is 9.90 Å². The zero-order valence-electron chi connectivity index (χ0n) is 20.6. The molecule has 0 bridgehead atoms. The number of likely N-dealkylation sites (tertiary alicyclic amines) is 1. The molecule has 1 heterocycles. The molecule has 1 aliphatic rings. The molecule has 0 radical (unpaired) electrons. The lowest BCUT2D eigenvalue weighted by atomic mass is 9.94. The summed E-state index contributed by atoms with van der Waals surface area (Å²) in [6, 6.07) is 8.52. The Balaban J connectivity index is 0.00000544. The number of hydrogen-bond acceptors (Lipinski definition) is 4. The second-order valence-corrected chi connectivity index (χ2v) is 9.38. The number of primary amides is 1. The number of rotatable bonds is 12. The molecule has 0 aromatic heterocycles. The quantitative estimate of drug-likeness (QED) is 0.175. The van der Waals surface area contributed by atoms with Crippen LogP contribution in [0.25, 0.3) is 0 Å². The van der Waals surface area contributed by atoms with Crippen LogP contribution in [0.3, 0.4) is 0 Å². The Morgan fingerprint density at radius 3 is 2.73 bits per heavy atom. The van der Waals surface area contributed by atoms with Crippen LogP contribution in [0.1, 0.15) is 57.6 Å². The van der Waals surface area contributed by atoms with E-state index in [1.54, 1.807) is 0 Å². The molecule has 1 fully saturated rings. The number of carbonyl (C=O) groups excluding carboxylic acids is 1. The van der Waals surface area contributed by atoms with Gasteiger partial charge in [-0.25, -0.2) is 4.99 Å². The lowest BCUT2D eigenvalue weighted by Gasteiger charge is -2.31. The number of benzene rings is 1. The van der Waals surface area contributed by atoms with Crippen molar-refractivity contribution in [3.8, 4) is 0 Å². The Labute approximate surface area is 217 Å². The fourth-order valence-corrected chi connectivity index (χ4v) is 4.42. The zero-order valence-corrected chi connectivity index (χ0v) is 22.9. The number of hydrogen-bond donors (Lipinski definition) is 4. The van der Waals surface area contributed by atoms with Gasteiger partial charge >= 0.3 is 0 Å². The average molecular weight is 574 g/mol. The first kappa shape index (κ1) is 29.6. The molecule has 2 rings (SSSR count). The molecule has 0 spiro atoms. The van der Waals surface area contributed by atoms with E-state index < -0.39 is 0 Å². The van der Waals surface area contributed by atoms with E-state index in [0.717, 1.165) is 69.9 Å². The highest BCUT2D eigenvalue weighted by Gasteiger charge is 2.23. The molecule has 7 nitrogen and oxygen atoms in total. The van der Waals surface area contributed by atoms with Gasteiger partial charge in [0.1, 0.15) is 0 Å². The Morgan fingerprint density at radius 2 is 2.06 bits per heavy atom. The highest BCUT2D eigenvalue weighted by molar-refractivity contribution is 14.0. The van der Waals surface area contributed by atoms with Crippen LogP contribution in [0.4, 0.5) is 0 Å². The number of nitrogens with zero attached hydrogens (tertiary/aromatic N) is 2. The van der Waals surface area contributed by atoms with Crippen molar-refractivity contribution in [1.82, 2.24) is 15.5 Å². The van der Waals surface area contributed by atoms with E-state index >= 15 is 0 Å². The van der Waals surface area contributed by atoms with Crippen LogP contribution in [-0.2, 0) is 17.9 Å². The number of nitrogens with two attached hydrogens (primary N) is 1. The molecule has 5 N–H and O–H groups in total. The number of halogens is 1. The van der Waals surface area contributed by atoms with Gasteiger partial charge in [-0.1, -0.05) is 38.1 Å². The second kappa shape index (κ2) is 16.3. The zero-order chi connectivity index (χ0) is 23.3. The van der Waals surface area contributed by atoms with Gasteiger partial charge < -0.3 is 21.5 Å². The fourth-order valence-electron chi connectivity index (χ4n) is 4.42. The first-order valence-corrected chi connectivity index (χ1v) is 12.1. The third kappa shape index (κ3) is 11.5. The largest absolute Gasteiger partial charge is 0.396 e. The van der Waals surface area contributed by atoms with Crippen LogP contribution < -0.4 is 16.4 Å². The minimum atomic E-state index is -0.184. The van der Waals surface area contributed by atoms with Crippen LogP contribution in [0.5, 0.6) is 0 Å². The number of carbonyl (C=O) groups is 1. The van der Waals surface area contributed by atoms with E-state index in [2.05, 4.69) is 60.6 Å². The van der Waals surface area contributed by atoms with Crippen molar-refractivity contribution in [2.75, 3.05) is 32.8 Å². The lowest BCUT2D eigenvalue weighted by Crippen LogP contribution is -2.40. The maximum atomic E-state index is 11.5. The van der Waals surface area contributed by atoms with Crippen molar-refractivity contribution >= 4 is 35.8 Å². The normalized spacial score (nSPS) is 18.0. The summed E-state index contributed by atoms with van der Waals surface area (Å²) >= 11 is 0. The third-order valence-corrected chi connectivity index (χ3v) is 5.97. The SMILES string of the molecule is CCNC(=NCc1cccc(CN2CCCC(C(N)=O)C2)c1)NCC(CCO)CC(C)C.I. The molecule has 2 unspecified atom stereocenters. The molecule has 33 heavy (non-hydrogen) atoms. The Kier molecular flexibility index (Phi) is 14.6. The molecular formula is C25H44IN5O2. The van der Waals surface area contributed by atoms with Crippen molar-refractivity contribution in [2.24, 2.45) is 28.5 Å². The number of guanidine groups is 1. The molecular weight excluding hydrogens is 529 g/mol. The molecule has 0 aliphatic carbocycles. The first-order chi connectivity index (χ1) is 15.4.